The van der Waals surface area contributed by atoms with E-state index in [1.807, 2.05) is 12.1 Å². The molecule has 1 aliphatic rings. The average Bonchev–Trinajstić information content (AvgIpc) is 2.20. The van der Waals surface area contributed by atoms with Crippen LogP contribution in [0.2, 0.25) is 0 Å². The van der Waals surface area contributed by atoms with Crippen LogP contribution in [0.5, 0.6) is 0 Å². The van der Waals surface area contributed by atoms with Crippen molar-refractivity contribution in [1.29, 1.82) is 0 Å². The molecule has 2 rings (SSSR count). The van der Waals surface area contributed by atoms with E-state index >= 15 is 0 Å². The fourth-order valence-electron chi connectivity index (χ4n) is 1.38. The third-order valence-electron chi connectivity index (χ3n) is 2.10. The Bertz CT molecular complexity index is 343. The Morgan fingerprint density at radius 3 is 2.54 bits per heavy atom. The van der Waals surface area contributed by atoms with E-state index in [-0.39, 0.29) is 5.78 Å². The number of rotatable bonds is 1. The van der Waals surface area contributed by atoms with Crippen molar-refractivity contribution in [3.63, 3.8) is 0 Å². The molecule has 3 nitrogen and oxygen atoms in total. The minimum absolute atomic E-state index is 0.234. The van der Waals surface area contributed by atoms with Gasteiger partial charge in [-0.25, -0.2) is 0 Å². The van der Waals surface area contributed by atoms with Crippen LogP contribution in [0, 0.1) is 0 Å². The highest BCUT2D eigenvalue weighted by molar-refractivity contribution is 6.05. The Labute approximate surface area is 76.5 Å². The normalized spacial score (nSPS) is 16.9. The number of aliphatic imine (C=N–C) groups is 1. The summed E-state index contributed by atoms with van der Waals surface area (Å²) in [6.45, 7) is 0.345. The number of carbonyl (C=O) groups is 1. The minimum atomic E-state index is 0.234. The van der Waals surface area contributed by atoms with Gasteiger partial charge in [-0.15, -0.1) is 0 Å². The van der Waals surface area contributed by atoms with Gasteiger partial charge < -0.3 is 0 Å². The molecule has 0 saturated carbocycles. The zero-order valence-corrected chi connectivity index (χ0v) is 7.23. The van der Waals surface area contributed by atoms with Crippen molar-refractivity contribution in [3.8, 4) is 0 Å². The first-order valence-corrected chi connectivity index (χ1v) is 4.32. The van der Waals surface area contributed by atoms with E-state index in [1.54, 1.807) is 12.4 Å². The molecule has 0 radical (unpaired) electrons. The second-order valence-corrected chi connectivity index (χ2v) is 3.04. The minimum Gasteiger partial charge on any atom is -0.298 e. The summed E-state index contributed by atoms with van der Waals surface area (Å²) in [5.74, 6) is 0.234. The first-order chi connectivity index (χ1) is 6.36. The van der Waals surface area contributed by atoms with E-state index in [2.05, 4.69) is 9.98 Å². The van der Waals surface area contributed by atoms with E-state index in [4.69, 9.17) is 0 Å². The molecule has 0 amide bonds. The molecule has 66 valence electrons. The average molecular weight is 174 g/mol. The van der Waals surface area contributed by atoms with Gasteiger partial charge in [0.15, 0.2) is 5.78 Å². The zero-order valence-electron chi connectivity index (χ0n) is 7.23. The molecule has 0 unspecified atom stereocenters. The number of nitrogens with zero attached hydrogens (tertiary/aromatic N) is 2. The summed E-state index contributed by atoms with van der Waals surface area (Å²) in [4.78, 5) is 19.1. The number of ketones is 1. The Morgan fingerprint density at radius 2 is 1.92 bits per heavy atom. The van der Waals surface area contributed by atoms with Gasteiger partial charge in [0.05, 0.1) is 6.54 Å². The molecule has 0 atom stereocenters. The van der Waals surface area contributed by atoms with Crippen LogP contribution in [0.4, 0.5) is 0 Å². The molecule has 0 aromatic carbocycles. The number of aromatic nitrogens is 1. The van der Waals surface area contributed by atoms with Crippen molar-refractivity contribution in [3.05, 3.63) is 30.1 Å². The van der Waals surface area contributed by atoms with Crippen molar-refractivity contribution in [2.75, 3.05) is 6.54 Å². The van der Waals surface area contributed by atoms with Gasteiger partial charge in [-0.3, -0.25) is 14.8 Å². The van der Waals surface area contributed by atoms with E-state index in [1.165, 1.54) is 0 Å². The molecule has 0 saturated heterocycles. The Kier molecular flexibility index (Phi) is 2.17. The zero-order chi connectivity index (χ0) is 9.10. The predicted octanol–water partition coefficient (Wildman–Crippen LogP) is 1.23. The van der Waals surface area contributed by atoms with E-state index in [0.717, 1.165) is 17.7 Å². The summed E-state index contributed by atoms with van der Waals surface area (Å²) in [5.41, 5.74) is 2.12. The third kappa shape index (κ3) is 1.80. The third-order valence-corrected chi connectivity index (χ3v) is 2.10. The van der Waals surface area contributed by atoms with Crippen LogP contribution < -0.4 is 0 Å². The van der Waals surface area contributed by atoms with Crippen LogP contribution in [0.3, 0.4) is 0 Å². The number of hydrogen-bond acceptors (Lipinski definition) is 3. The Hall–Kier alpha value is -1.51. The maximum atomic E-state index is 10.9. The molecule has 1 aliphatic heterocycles. The van der Waals surface area contributed by atoms with Gasteiger partial charge in [-0.05, 0) is 24.1 Å². The quantitative estimate of drug-likeness (QED) is 0.642. The summed E-state index contributed by atoms with van der Waals surface area (Å²) < 4.78 is 0. The summed E-state index contributed by atoms with van der Waals surface area (Å²) in [6, 6.07) is 3.85. The Morgan fingerprint density at radius 1 is 1.15 bits per heavy atom. The lowest BCUT2D eigenvalue weighted by Gasteiger charge is -2.10. The monoisotopic (exact) mass is 174 g/mol. The van der Waals surface area contributed by atoms with Gasteiger partial charge in [0, 0.05) is 24.5 Å². The summed E-state index contributed by atoms with van der Waals surface area (Å²) in [7, 11) is 0. The van der Waals surface area contributed by atoms with Gasteiger partial charge in [0.2, 0.25) is 0 Å². The molecule has 2 heterocycles. The highest BCUT2D eigenvalue weighted by Crippen LogP contribution is 2.10. The highest BCUT2D eigenvalue weighted by Gasteiger charge is 2.12. The second kappa shape index (κ2) is 3.47. The number of Topliss-reactive ketones (excluding diaryl/α,β-unsaturated/α-hetero) is 1. The van der Waals surface area contributed by atoms with Crippen molar-refractivity contribution >= 4 is 11.5 Å². The highest BCUT2D eigenvalue weighted by atomic mass is 16.1. The van der Waals surface area contributed by atoms with Crippen molar-refractivity contribution in [1.82, 2.24) is 4.98 Å². The molecule has 0 aliphatic carbocycles. The molecule has 0 fully saturated rings. The van der Waals surface area contributed by atoms with Crippen LogP contribution in [0.25, 0.3) is 0 Å². The molecular weight excluding hydrogens is 164 g/mol. The summed E-state index contributed by atoms with van der Waals surface area (Å²) in [6.07, 6.45) is 4.88. The molecule has 0 bridgehead atoms. The molecule has 1 aromatic rings. The molecule has 1 aromatic heterocycles. The summed E-state index contributed by atoms with van der Waals surface area (Å²) >= 11 is 0. The molecule has 0 spiro atoms. The smallest absolute Gasteiger partial charge is 0.154 e. The number of pyridine rings is 1. The molecule has 13 heavy (non-hydrogen) atoms. The lowest BCUT2D eigenvalue weighted by atomic mass is 10.0. The molecule has 0 N–H and O–H groups in total. The standard InChI is InChI=1S/C10H10N2O/c13-9-1-2-10(12-7-9)8-3-5-11-6-4-8/h3-6H,1-2,7H2. The van der Waals surface area contributed by atoms with E-state index in [9.17, 15) is 4.79 Å². The summed E-state index contributed by atoms with van der Waals surface area (Å²) in [5, 5.41) is 0. The van der Waals surface area contributed by atoms with Crippen molar-refractivity contribution < 1.29 is 4.79 Å². The van der Waals surface area contributed by atoms with E-state index < -0.39 is 0 Å². The Balaban J connectivity index is 2.23. The maximum absolute atomic E-state index is 10.9. The second-order valence-electron chi connectivity index (χ2n) is 3.04. The lowest BCUT2D eigenvalue weighted by Crippen LogP contribution is -2.15. The van der Waals surface area contributed by atoms with Crippen molar-refractivity contribution in [2.45, 2.75) is 12.8 Å². The predicted molar refractivity (Wildman–Crippen MR) is 49.9 cm³/mol. The van der Waals surface area contributed by atoms with Gasteiger partial charge in [0.1, 0.15) is 0 Å². The van der Waals surface area contributed by atoms with E-state index in [0.29, 0.717) is 13.0 Å². The first kappa shape index (κ1) is 8.10. The van der Waals surface area contributed by atoms with Gasteiger partial charge in [-0.2, -0.15) is 0 Å². The fraction of sp³-hybridized carbons (Fsp3) is 0.300. The van der Waals surface area contributed by atoms with Crippen LogP contribution in [-0.2, 0) is 4.79 Å². The fourth-order valence-corrected chi connectivity index (χ4v) is 1.38. The topological polar surface area (TPSA) is 42.3 Å². The number of hydrogen-bond donors (Lipinski definition) is 0. The van der Waals surface area contributed by atoms with Crippen LogP contribution in [0.15, 0.2) is 29.5 Å². The van der Waals surface area contributed by atoms with Crippen LogP contribution in [-0.4, -0.2) is 23.0 Å². The maximum Gasteiger partial charge on any atom is 0.154 e. The van der Waals surface area contributed by atoms with Gasteiger partial charge >= 0.3 is 0 Å². The first-order valence-electron chi connectivity index (χ1n) is 4.32. The number of carbonyl (C=O) groups excluding carboxylic acids is 1. The van der Waals surface area contributed by atoms with Gasteiger partial charge in [0.25, 0.3) is 0 Å². The van der Waals surface area contributed by atoms with Crippen molar-refractivity contribution in [2.24, 2.45) is 4.99 Å². The molecule has 3 heteroatoms. The van der Waals surface area contributed by atoms with Gasteiger partial charge in [-0.1, -0.05) is 0 Å². The lowest BCUT2D eigenvalue weighted by molar-refractivity contribution is -0.117. The van der Waals surface area contributed by atoms with Crippen LogP contribution in [0.1, 0.15) is 18.4 Å². The largest absolute Gasteiger partial charge is 0.298 e. The van der Waals surface area contributed by atoms with Crippen LogP contribution >= 0.6 is 0 Å². The SMILES string of the molecule is O=C1CCC(c2ccncc2)=NC1. The molecular formula is C10H10N2O.